The predicted octanol–water partition coefficient (Wildman–Crippen LogP) is 3.88. The molecule has 0 aromatic carbocycles. The third-order valence-electron chi connectivity index (χ3n) is 3.74. The molecule has 0 N–H and O–H groups in total. The van der Waals surface area contributed by atoms with Crippen molar-refractivity contribution in [3.63, 3.8) is 0 Å². The topological polar surface area (TPSA) is 30.7 Å². The van der Waals surface area contributed by atoms with Gasteiger partial charge in [-0.1, -0.05) is 25.5 Å². The van der Waals surface area contributed by atoms with Crippen molar-refractivity contribution in [3.05, 3.63) is 42.0 Å². The molecule has 2 aromatic heterocycles. The second kappa shape index (κ2) is 5.00. The summed E-state index contributed by atoms with van der Waals surface area (Å²) in [5.74, 6) is 0. The zero-order valence-corrected chi connectivity index (χ0v) is 11.5. The van der Waals surface area contributed by atoms with Gasteiger partial charge in [-0.05, 0) is 25.0 Å². The Bertz CT molecular complexity index is 610. The molecule has 0 saturated carbocycles. The standard InChI is InChI=1S/C16H19N3/c1-3-5-12(2)19-11-13(10-18-19)14-8-9-17-16-7-4-6-15(14)16/h4,6,8-12H,3,5,7H2,1-2H3/t12-/m1/s1. The Morgan fingerprint density at radius 2 is 2.32 bits per heavy atom. The van der Waals surface area contributed by atoms with E-state index in [1.54, 1.807) is 0 Å². The minimum absolute atomic E-state index is 0.462. The van der Waals surface area contributed by atoms with Crippen molar-refractivity contribution in [1.82, 2.24) is 14.8 Å². The van der Waals surface area contributed by atoms with Gasteiger partial charge in [-0.3, -0.25) is 9.67 Å². The van der Waals surface area contributed by atoms with Gasteiger partial charge in [0, 0.05) is 36.0 Å². The highest BCUT2D eigenvalue weighted by Crippen LogP contribution is 2.30. The van der Waals surface area contributed by atoms with Gasteiger partial charge in [-0.15, -0.1) is 0 Å². The minimum Gasteiger partial charge on any atom is -0.269 e. The van der Waals surface area contributed by atoms with Crippen LogP contribution in [0, 0.1) is 0 Å². The van der Waals surface area contributed by atoms with E-state index in [4.69, 9.17) is 0 Å². The van der Waals surface area contributed by atoms with Gasteiger partial charge < -0.3 is 0 Å². The molecule has 3 heteroatoms. The summed E-state index contributed by atoms with van der Waals surface area (Å²) in [7, 11) is 0. The molecular weight excluding hydrogens is 234 g/mol. The molecule has 2 aromatic rings. The van der Waals surface area contributed by atoms with Crippen molar-refractivity contribution in [3.8, 4) is 11.1 Å². The van der Waals surface area contributed by atoms with E-state index in [1.165, 1.54) is 28.8 Å². The largest absolute Gasteiger partial charge is 0.269 e. The average molecular weight is 253 g/mol. The molecule has 0 amide bonds. The zero-order chi connectivity index (χ0) is 13.2. The number of allylic oxidation sites excluding steroid dienone is 1. The lowest BCUT2D eigenvalue weighted by molar-refractivity contribution is 0.455. The Morgan fingerprint density at radius 1 is 1.42 bits per heavy atom. The molecule has 1 aliphatic rings. The SMILES string of the molecule is CCC[C@@H](C)n1cc(-c2ccnc3c2C=CC3)cn1. The smallest absolute Gasteiger partial charge is 0.0568 e. The fraction of sp³-hybridized carbons (Fsp3) is 0.375. The van der Waals surface area contributed by atoms with Gasteiger partial charge in [0.05, 0.1) is 11.9 Å². The monoisotopic (exact) mass is 253 g/mol. The molecule has 1 aliphatic carbocycles. The maximum Gasteiger partial charge on any atom is 0.0568 e. The molecule has 0 spiro atoms. The molecule has 2 heterocycles. The van der Waals surface area contributed by atoms with Crippen molar-refractivity contribution in [1.29, 1.82) is 0 Å². The highest BCUT2D eigenvalue weighted by molar-refractivity contribution is 5.77. The second-order valence-electron chi connectivity index (χ2n) is 5.17. The van der Waals surface area contributed by atoms with E-state index in [-0.39, 0.29) is 0 Å². The van der Waals surface area contributed by atoms with Crippen LogP contribution in [0.1, 0.15) is 44.0 Å². The normalized spacial score (nSPS) is 14.6. The molecule has 3 rings (SSSR count). The molecule has 0 bridgehead atoms. The van der Waals surface area contributed by atoms with E-state index in [1.807, 2.05) is 12.4 Å². The first-order chi connectivity index (χ1) is 9.29. The molecule has 19 heavy (non-hydrogen) atoms. The highest BCUT2D eigenvalue weighted by atomic mass is 15.3. The van der Waals surface area contributed by atoms with Crippen LogP contribution >= 0.6 is 0 Å². The number of pyridine rings is 1. The average Bonchev–Trinajstić information content (AvgIpc) is 3.07. The van der Waals surface area contributed by atoms with Gasteiger partial charge in [0.25, 0.3) is 0 Å². The van der Waals surface area contributed by atoms with Crippen molar-refractivity contribution in [2.24, 2.45) is 0 Å². The third-order valence-corrected chi connectivity index (χ3v) is 3.74. The summed E-state index contributed by atoms with van der Waals surface area (Å²) in [4.78, 5) is 4.43. The second-order valence-corrected chi connectivity index (χ2v) is 5.17. The zero-order valence-electron chi connectivity index (χ0n) is 11.5. The third kappa shape index (κ3) is 2.21. The highest BCUT2D eigenvalue weighted by Gasteiger charge is 2.14. The fourth-order valence-corrected chi connectivity index (χ4v) is 2.67. The van der Waals surface area contributed by atoms with E-state index in [2.05, 4.69) is 53.0 Å². The molecule has 0 saturated heterocycles. The van der Waals surface area contributed by atoms with Crippen molar-refractivity contribution in [2.75, 3.05) is 0 Å². The summed E-state index contributed by atoms with van der Waals surface area (Å²) < 4.78 is 2.07. The molecule has 0 aliphatic heterocycles. The Kier molecular flexibility index (Phi) is 3.20. The van der Waals surface area contributed by atoms with E-state index in [0.29, 0.717) is 6.04 Å². The summed E-state index contributed by atoms with van der Waals surface area (Å²) >= 11 is 0. The van der Waals surface area contributed by atoms with E-state index in [9.17, 15) is 0 Å². The van der Waals surface area contributed by atoms with Crippen LogP contribution in [-0.2, 0) is 6.42 Å². The van der Waals surface area contributed by atoms with Crippen LogP contribution in [0.2, 0.25) is 0 Å². The maximum absolute atomic E-state index is 4.51. The van der Waals surface area contributed by atoms with E-state index < -0.39 is 0 Å². The number of hydrogen-bond donors (Lipinski definition) is 0. The predicted molar refractivity (Wildman–Crippen MR) is 77.8 cm³/mol. The Labute approximate surface area is 114 Å². The van der Waals surface area contributed by atoms with Crippen LogP contribution in [0.15, 0.2) is 30.7 Å². The first-order valence-electron chi connectivity index (χ1n) is 6.98. The quantitative estimate of drug-likeness (QED) is 0.828. The lowest BCUT2D eigenvalue weighted by Gasteiger charge is -2.10. The summed E-state index contributed by atoms with van der Waals surface area (Å²) in [6, 6.07) is 2.55. The number of rotatable bonds is 4. The molecular formula is C16H19N3. The van der Waals surface area contributed by atoms with Crippen LogP contribution in [0.5, 0.6) is 0 Å². The number of hydrogen-bond acceptors (Lipinski definition) is 2. The summed E-state index contributed by atoms with van der Waals surface area (Å²) in [6.07, 6.45) is 13.7. The van der Waals surface area contributed by atoms with Crippen molar-refractivity contribution >= 4 is 6.08 Å². The molecule has 3 nitrogen and oxygen atoms in total. The first kappa shape index (κ1) is 12.2. The van der Waals surface area contributed by atoms with Gasteiger partial charge in [0.2, 0.25) is 0 Å². The lowest BCUT2D eigenvalue weighted by atomic mass is 10.0. The number of nitrogens with zero attached hydrogens (tertiary/aromatic N) is 3. The van der Waals surface area contributed by atoms with Crippen molar-refractivity contribution in [2.45, 2.75) is 39.2 Å². The van der Waals surface area contributed by atoms with Crippen LogP contribution in [0.3, 0.4) is 0 Å². The Hall–Kier alpha value is -1.90. The maximum atomic E-state index is 4.51. The van der Waals surface area contributed by atoms with E-state index in [0.717, 1.165) is 12.8 Å². The van der Waals surface area contributed by atoms with Crippen LogP contribution in [0.25, 0.3) is 17.2 Å². The molecule has 1 atom stereocenters. The molecule has 0 fully saturated rings. The molecule has 0 unspecified atom stereocenters. The van der Waals surface area contributed by atoms with E-state index >= 15 is 0 Å². The fourth-order valence-electron chi connectivity index (χ4n) is 2.67. The lowest BCUT2D eigenvalue weighted by Crippen LogP contribution is -2.04. The molecule has 98 valence electrons. The minimum atomic E-state index is 0.462. The van der Waals surface area contributed by atoms with Gasteiger partial charge >= 0.3 is 0 Å². The van der Waals surface area contributed by atoms with Gasteiger partial charge in [0.15, 0.2) is 0 Å². The Morgan fingerprint density at radius 3 is 3.16 bits per heavy atom. The molecule has 0 radical (unpaired) electrons. The van der Waals surface area contributed by atoms with Crippen LogP contribution < -0.4 is 0 Å². The number of aromatic nitrogens is 3. The Balaban J connectivity index is 1.95. The summed E-state index contributed by atoms with van der Waals surface area (Å²) in [5, 5.41) is 4.51. The van der Waals surface area contributed by atoms with Gasteiger partial charge in [0.1, 0.15) is 0 Å². The summed E-state index contributed by atoms with van der Waals surface area (Å²) in [6.45, 7) is 4.43. The van der Waals surface area contributed by atoms with Gasteiger partial charge in [-0.2, -0.15) is 5.10 Å². The summed E-state index contributed by atoms with van der Waals surface area (Å²) in [5.41, 5.74) is 4.86. The van der Waals surface area contributed by atoms with Crippen molar-refractivity contribution < 1.29 is 0 Å². The number of fused-ring (bicyclic) bond motifs is 1. The van der Waals surface area contributed by atoms with Crippen LogP contribution in [-0.4, -0.2) is 14.8 Å². The van der Waals surface area contributed by atoms with Crippen LogP contribution in [0.4, 0.5) is 0 Å². The van der Waals surface area contributed by atoms with Gasteiger partial charge in [-0.25, -0.2) is 0 Å². The first-order valence-corrected chi connectivity index (χ1v) is 6.98.